The number of furan rings is 1. The molecule has 0 bridgehead atoms. The summed E-state index contributed by atoms with van der Waals surface area (Å²) in [6.07, 6.45) is 0.942. The lowest BCUT2D eigenvalue weighted by Crippen LogP contribution is -2.22. The Labute approximate surface area is 157 Å². The van der Waals surface area contributed by atoms with Crippen LogP contribution in [0.3, 0.4) is 0 Å². The number of nitrogens with one attached hydrogen (secondary N) is 1. The van der Waals surface area contributed by atoms with Gasteiger partial charge in [0, 0.05) is 22.6 Å². The first-order valence-corrected chi connectivity index (χ1v) is 8.97. The predicted octanol–water partition coefficient (Wildman–Crippen LogP) is 4.89. The van der Waals surface area contributed by atoms with Gasteiger partial charge in [0.05, 0.1) is 6.54 Å². The molecule has 0 spiro atoms. The van der Waals surface area contributed by atoms with Gasteiger partial charge in [-0.1, -0.05) is 48.5 Å². The summed E-state index contributed by atoms with van der Waals surface area (Å²) in [5.74, 6) is 0.657. The molecule has 0 radical (unpaired) electrons. The number of benzene rings is 2. The highest BCUT2D eigenvalue weighted by molar-refractivity contribution is 5.99. The molecular formula is C22H20N2O3. The van der Waals surface area contributed by atoms with Gasteiger partial charge in [-0.3, -0.25) is 4.79 Å². The Morgan fingerprint density at radius 3 is 2.70 bits per heavy atom. The molecule has 136 valence electrons. The van der Waals surface area contributed by atoms with Crippen LogP contribution < -0.4 is 5.32 Å². The predicted molar refractivity (Wildman–Crippen MR) is 103 cm³/mol. The van der Waals surface area contributed by atoms with E-state index < -0.39 is 0 Å². The summed E-state index contributed by atoms with van der Waals surface area (Å²) in [5, 5.41) is 7.88. The fourth-order valence-corrected chi connectivity index (χ4v) is 3.09. The Kier molecular flexibility index (Phi) is 4.50. The molecular weight excluding hydrogens is 340 g/mol. The van der Waals surface area contributed by atoms with E-state index in [0.717, 1.165) is 34.2 Å². The Balaban J connectivity index is 1.49. The molecule has 1 amide bonds. The van der Waals surface area contributed by atoms with Crippen LogP contribution in [0.5, 0.6) is 0 Å². The molecule has 0 aliphatic heterocycles. The summed E-state index contributed by atoms with van der Waals surface area (Å²) in [4.78, 5) is 12.6. The highest BCUT2D eigenvalue weighted by Crippen LogP contribution is 2.26. The first-order valence-electron chi connectivity index (χ1n) is 8.97. The molecule has 27 heavy (non-hydrogen) atoms. The zero-order valence-corrected chi connectivity index (χ0v) is 15.3. The van der Waals surface area contributed by atoms with Gasteiger partial charge in [0.25, 0.3) is 5.91 Å². The molecule has 5 nitrogen and oxygen atoms in total. The molecule has 1 N–H and O–H groups in total. The van der Waals surface area contributed by atoms with Crippen LogP contribution in [0.15, 0.2) is 63.5 Å². The van der Waals surface area contributed by atoms with Gasteiger partial charge in [-0.25, -0.2) is 0 Å². The van der Waals surface area contributed by atoms with E-state index in [2.05, 4.69) is 23.5 Å². The van der Waals surface area contributed by atoms with Gasteiger partial charge < -0.3 is 14.3 Å². The number of hydrogen-bond donors (Lipinski definition) is 1. The van der Waals surface area contributed by atoms with E-state index in [-0.39, 0.29) is 12.5 Å². The molecule has 0 unspecified atom stereocenters. The molecule has 0 aliphatic rings. The monoisotopic (exact) mass is 360 g/mol. The van der Waals surface area contributed by atoms with E-state index >= 15 is 0 Å². The van der Waals surface area contributed by atoms with Crippen molar-refractivity contribution in [2.45, 2.75) is 26.8 Å². The Bertz CT molecular complexity index is 1090. The first kappa shape index (κ1) is 17.1. The van der Waals surface area contributed by atoms with Crippen LogP contribution in [0.4, 0.5) is 0 Å². The molecule has 2 aromatic carbocycles. The molecule has 0 saturated heterocycles. The maximum atomic E-state index is 12.6. The first-order chi connectivity index (χ1) is 13.2. The molecule has 0 atom stereocenters. The minimum atomic E-state index is -0.264. The molecule has 0 fully saturated rings. The molecule has 4 rings (SSSR count). The number of amides is 1. The van der Waals surface area contributed by atoms with Gasteiger partial charge in [-0.15, -0.1) is 0 Å². The third kappa shape index (κ3) is 3.36. The summed E-state index contributed by atoms with van der Waals surface area (Å²) in [6.45, 7) is 4.25. The molecule has 4 aromatic rings. The van der Waals surface area contributed by atoms with E-state index in [1.165, 1.54) is 5.56 Å². The minimum absolute atomic E-state index is 0.245. The van der Waals surface area contributed by atoms with Crippen LogP contribution in [-0.2, 0) is 13.0 Å². The van der Waals surface area contributed by atoms with E-state index in [1.54, 1.807) is 0 Å². The lowest BCUT2D eigenvalue weighted by atomic mass is 10.1. The maximum Gasteiger partial charge on any atom is 0.287 e. The largest absolute Gasteiger partial charge is 0.451 e. The van der Waals surface area contributed by atoms with Gasteiger partial charge in [-0.05, 0) is 31.0 Å². The smallest absolute Gasteiger partial charge is 0.287 e. The second-order valence-electron chi connectivity index (χ2n) is 6.47. The standard InChI is InChI=1S/C22H20N2O3/c1-3-15-9-10-20-18(11-15)14(2)21(26-20)22(25)23-13-17-12-19(24-27-17)16-7-5-4-6-8-16/h4-12H,3,13H2,1-2H3,(H,23,25). The zero-order chi connectivity index (χ0) is 18.8. The van der Waals surface area contributed by atoms with E-state index in [4.69, 9.17) is 8.94 Å². The van der Waals surface area contributed by atoms with Crippen molar-refractivity contribution in [3.05, 3.63) is 77.2 Å². The Morgan fingerprint density at radius 1 is 1.11 bits per heavy atom. The van der Waals surface area contributed by atoms with Gasteiger partial charge in [0.15, 0.2) is 11.5 Å². The Morgan fingerprint density at radius 2 is 1.93 bits per heavy atom. The lowest BCUT2D eigenvalue weighted by molar-refractivity contribution is 0.0920. The van der Waals surface area contributed by atoms with Crippen LogP contribution in [0.25, 0.3) is 22.2 Å². The van der Waals surface area contributed by atoms with Crippen molar-refractivity contribution in [3.8, 4) is 11.3 Å². The number of aryl methyl sites for hydroxylation is 2. The highest BCUT2D eigenvalue weighted by Gasteiger charge is 2.18. The third-order valence-electron chi connectivity index (χ3n) is 4.67. The number of hydrogen-bond acceptors (Lipinski definition) is 4. The molecule has 2 aromatic heterocycles. The van der Waals surface area contributed by atoms with Gasteiger partial charge in [-0.2, -0.15) is 0 Å². The van der Waals surface area contributed by atoms with Crippen molar-refractivity contribution in [2.24, 2.45) is 0 Å². The quantitative estimate of drug-likeness (QED) is 0.550. The van der Waals surface area contributed by atoms with Crippen molar-refractivity contribution in [2.75, 3.05) is 0 Å². The van der Waals surface area contributed by atoms with Crippen molar-refractivity contribution in [1.82, 2.24) is 10.5 Å². The maximum absolute atomic E-state index is 12.6. The van der Waals surface area contributed by atoms with Crippen LogP contribution in [0.2, 0.25) is 0 Å². The summed E-state index contributed by atoms with van der Waals surface area (Å²) in [7, 11) is 0. The van der Waals surface area contributed by atoms with Crippen molar-refractivity contribution >= 4 is 16.9 Å². The van der Waals surface area contributed by atoms with Crippen LogP contribution in [0.1, 0.15) is 34.4 Å². The third-order valence-corrected chi connectivity index (χ3v) is 4.67. The Hall–Kier alpha value is -3.34. The molecule has 0 aliphatic carbocycles. The molecule has 2 heterocycles. The number of carbonyl (C=O) groups excluding carboxylic acids is 1. The summed E-state index contributed by atoms with van der Waals surface area (Å²) in [6, 6.07) is 17.6. The van der Waals surface area contributed by atoms with E-state index in [1.807, 2.05) is 55.5 Å². The number of rotatable bonds is 5. The van der Waals surface area contributed by atoms with Crippen LogP contribution >= 0.6 is 0 Å². The van der Waals surface area contributed by atoms with Crippen molar-refractivity contribution in [1.29, 1.82) is 0 Å². The summed E-state index contributed by atoms with van der Waals surface area (Å²) in [5.41, 5.74) is 4.50. The molecule has 0 saturated carbocycles. The fourth-order valence-electron chi connectivity index (χ4n) is 3.09. The summed E-state index contributed by atoms with van der Waals surface area (Å²) >= 11 is 0. The number of fused-ring (bicyclic) bond motifs is 1. The lowest BCUT2D eigenvalue weighted by Gasteiger charge is -2.00. The number of carbonyl (C=O) groups is 1. The minimum Gasteiger partial charge on any atom is -0.451 e. The second-order valence-corrected chi connectivity index (χ2v) is 6.47. The topological polar surface area (TPSA) is 68.3 Å². The SMILES string of the molecule is CCc1ccc2oc(C(=O)NCc3cc(-c4ccccc4)no3)c(C)c2c1. The zero-order valence-electron chi connectivity index (χ0n) is 15.3. The second kappa shape index (κ2) is 7.11. The highest BCUT2D eigenvalue weighted by atomic mass is 16.5. The van der Waals surface area contributed by atoms with E-state index in [9.17, 15) is 4.79 Å². The molecule has 5 heteroatoms. The fraction of sp³-hybridized carbons (Fsp3) is 0.182. The van der Waals surface area contributed by atoms with Crippen molar-refractivity contribution in [3.63, 3.8) is 0 Å². The van der Waals surface area contributed by atoms with E-state index in [0.29, 0.717) is 11.5 Å². The number of aromatic nitrogens is 1. The van der Waals surface area contributed by atoms with Crippen molar-refractivity contribution < 1.29 is 13.7 Å². The average Bonchev–Trinajstić information content (AvgIpc) is 3.31. The van der Waals surface area contributed by atoms with Gasteiger partial charge in [0.2, 0.25) is 0 Å². The summed E-state index contributed by atoms with van der Waals surface area (Å²) < 4.78 is 11.1. The van der Waals surface area contributed by atoms with Gasteiger partial charge >= 0.3 is 0 Å². The number of nitrogens with zero attached hydrogens (tertiary/aromatic N) is 1. The van der Waals surface area contributed by atoms with Gasteiger partial charge in [0.1, 0.15) is 11.3 Å². The van der Waals surface area contributed by atoms with Crippen LogP contribution in [0, 0.1) is 6.92 Å². The van der Waals surface area contributed by atoms with Crippen LogP contribution in [-0.4, -0.2) is 11.1 Å². The normalized spacial score (nSPS) is 11.0. The average molecular weight is 360 g/mol.